The van der Waals surface area contributed by atoms with Gasteiger partial charge in [0.05, 0.1) is 0 Å². The molecule has 1 saturated carbocycles. The van der Waals surface area contributed by atoms with Crippen LogP contribution in [0.5, 0.6) is 0 Å². The number of rotatable bonds is 5. The monoisotopic (exact) mass is 285 g/mol. The van der Waals surface area contributed by atoms with Gasteiger partial charge in [0.1, 0.15) is 12.1 Å². The molecule has 114 valence electrons. The molecule has 0 atom stereocenters. The van der Waals surface area contributed by atoms with Gasteiger partial charge >= 0.3 is 12.0 Å². The molecule has 0 heterocycles. The Morgan fingerprint density at radius 1 is 1.20 bits per heavy atom. The van der Waals surface area contributed by atoms with E-state index in [1.165, 1.54) is 9.80 Å². The normalized spacial score (nSPS) is 16.6. The molecule has 7 nitrogen and oxygen atoms in total. The summed E-state index contributed by atoms with van der Waals surface area (Å²) in [5, 5.41) is 11.9. The van der Waals surface area contributed by atoms with Gasteiger partial charge in [0.2, 0.25) is 5.91 Å². The van der Waals surface area contributed by atoms with Gasteiger partial charge in [-0.2, -0.15) is 0 Å². The molecule has 1 aliphatic carbocycles. The van der Waals surface area contributed by atoms with Crippen molar-refractivity contribution < 1.29 is 19.5 Å². The summed E-state index contributed by atoms with van der Waals surface area (Å²) in [5.74, 6) is -1.20. The number of likely N-dealkylation sites (N-methyl/N-ethyl adjacent to an activating group) is 2. The van der Waals surface area contributed by atoms with Gasteiger partial charge in [-0.25, -0.2) is 9.59 Å². The molecule has 7 heteroatoms. The molecule has 0 spiro atoms. The molecule has 3 amide bonds. The first-order valence-corrected chi connectivity index (χ1v) is 6.83. The van der Waals surface area contributed by atoms with Crippen molar-refractivity contribution in [3.63, 3.8) is 0 Å². The maximum Gasteiger partial charge on any atom is 0.329 e. The second-order valence-electron chi connectivity index (χ2n) is 5.33. The zero-order chi connectivity index (χ0) is 15.3. The number of hydrogen-bond acceptors (Lipinski definition) is 3. The van der Waals surface area contributed by atoms with Crippen LogP contribution in [0.1, 0.15) is 32.6 Å². The molecule has 0 aromatic rings. The van der Waals surface area contributed by atoms with Gasteiger partial charge in [-0.3, -0.25) is 4.79 Å². The molecule has 0 aromatic heterocycles. The minimum atomic E-state index is -1.17. The van der Waals surface area contributed by atoms with Crippen LogP contribution in [0.2, 0.25) is 0 Å². The molecule has 0 aliphatic heterocycles. The number of hydrogen-bond donors (Lipinski definition) is 2. The number of nitrogens with one attached hydrogen (secondary N) is 1. The van der Waals surface area contributed by atoms with E-state index in [0.29, 0.717) is 19.4 Å². The van der Waals surface area contributed by atoms with E-state index in [9.17, 15) is 19.5 Å². The molecular weight excluding hydrogens is 262 g/mol. The van der Waals surface area contributed by atoms with Crippen LogP contribution >= 0.6 is 0 Å². The Labute approximate surface area is 118 Å². The average Bonchev–Trinajstić information content (AvgIpc) is 2.85. The minimum Gasteiger partial charge on any atom is -0.480 e. The van der Waals surface area contributed by atoms with Gasteiger partial charge in [-0.1, -0.05) is 12.8 Å². The van der Waals surface area contributed by atoms with Crippen LogP contribution in [0.4, 0.5) is 4.79 Å². The lowest BCUT2D eigenvalue weighted by Gasteiger charge is -2.30. The molecule has 0 bridgehead atoms. The van der Waals surface area contributed by atoms with Gasteiger partial charge in [0, 0.05) is 20.6 Å². The number of amides is 3. The number of carbonyl (C=O) groups excluding carboxylic acids is 2. The van der Waals surface area contributed by atoms with Crippen molar-refractivity contribution in [3.8, 4) is 0 Å². The summed E-state index contributed by atoms with van der Waals surface area (Å²) >= 11 is 0. The van der Waals surface area contributed by atoms with Gasteiger partial charge in [0.25, 0.3) is 0 Å². The van der Waals surface area contributed by atoms with Crippen LogP contribution in [0, 0.1) is 0 Å². The molecule has 2 N–H and O–H groups in total. The van der Waals surface area contributed by atoms with E-state index in [2.05, 4.69) is 5.32 Å². The number of carboxylic acids is 1. The second-order valence-corrected chi connectivity index (χ2v) is 5.33. The maximum absolute atomic E-state index is 12.2. The van der Waals surface area contributed by atoms with Crippen molar-refractivity contribution in [2.75, 3.05) is 27.2 Å². The molecule has 0 aromatic carbocycles. The van der Waals surface area contributed by atoms with E-state index < -0.39 is 17.5 Å². The quantitative estimate of drug-likeness (QED) is 0.770. The average molecular weight is 285 g/mol. The number of aliphatic carboxylic acids is 1. The Balaban J connectivity index is 2.71. The lowest BCUT2D eigenvalue weighted by molar-refractivity contribution is -0.144. The highest BCUT2D eigenvalue weighted by atomic mass is 16.4. The van der Waals surface area contributed by atoms with Crippen LogP contribution in [-0.4, -0.2) is 65.5 Å². The molecule has 0 unspecified atom stereocenters. The highest BCUT2D eigenvalue weighted by Gasteiger charge is 2.43. The Hall–Kier alpha value is -1.79. The third kappa shape index (κ3) is 3.61. The first-order valence-electron chi connectivity index (χ1n) is 6.83. The third-order valence-corrected chi connectivity index (χ3v) is 3.71. The molecule has 1 aliphatic rings. The molecule has 0 saturated heterocycles. The maximum atomic E-state index is 12.2. The zero-order valence-electron chi connectivity index (χ0n) is 12.3. The molecule has 1 rings (SSSR count). The standard InChI is InChI=1S/C13H23N3O4/c1-4-16(9-10(17)15(2)3)12(20)14-13(11(18)19)7-5-6-8-13/h4-9H2,1-3H3,(H,14,20)(H,18,19). The number of nitrogens with zero attached hydrogens (tertiary/aromatic N) is 2. The summed E-state index contributed by atoms with van der Waals surface area (Å²) in [6.07, 6.45) is 2.45. The van der Waals surface area contributed by atoms with Gasteiger partial charge in [0.15, 0.2) is 0 Å². The number of urea groups is 1. The van der Waals surface area contributed by atoms with Crippen molar-refractivity contribution in [2.45, 2.75) is 38.1 Å². The Morgan fingerprint density at radius 3 is 2.15 bits per heavy atom. The summed E-state index contributed by atoms with van der Waals surface area (Å²) in [6, 6.07) is -0.494. The molecule has 1 fully saturated rings. The summed E-state index contributed by atoms with van der Waals surface area (Å²) in [7, 11) is 3.23. The summed E-state index contributed by atoms with van der Waals surface area (Å²) in [6.45, 7) is 2.05. The van der Waals surface area contributed by atoms with Crippen LogP contribution in [0.3, 0.4) is 0 Å². The first kappa shape index (κ1) is 16.3. The first-order chi connectivity index (χ1) is 9.32. The molecule has 0 radical (unpaired) electrons. The van der Waals surface area contributed by atoms with Gasteiger partial charge in [-0.05, 0) is 19.8 Å². The van der Waals surface area contributed by atoms with E-state index >= 15 is 0 Å². The predicted molar refractivity (Wildman–Crippen MR) is 73.3 cm³/mol. The largest absolute Gasteiger partial charge is 0.480 e. The highest BCUT2D eigenvalue weighted by molar-refractivity contribution is 5.88. The smallest absolute Gasteiger partial charge is 0.329 e. The van der Waals surface area contributed by atoms with Crippen molar-refractivity contribution in [2.24, 2.45) is 0 Å². The summed E-state index contributed by atoms with van der Waals surface area (Å²) < 4.78 is 0. The number of carbonyl (C=O) groups is 3. The van der Waals surface area contributed by atoms with Crippen LogP contribution in [0.15, 0.2) is 0 Å². The van der Waals surface area contributed by atoms with Crippen molar-refractivity contribution in [1.82, 2.24) is 15.1 Å². The summed E-state index contributed by atoms with van der Waals surface area (Å²) in [5.41, 5.74) is -1.17. The molecule has 20 heavy (non-hydrogen) atoms. The number of carboxylic acid groups (broad SMARTS) is 1. The van der Waals surface area contributed by atoms with E-state index in [4.69, 9.17) is 0 Å². The SMILES string of the molecule is CCN(CC(=O)N(C)C)C(=O)NC1(C(=O)O)CCCC1. The van der Waals surface area contributed by atoms with Crippen LogP contribution < -0.4 is 5.32 Å². The molecular formula is C13H23N3O4. The Morgan fingerprint density at radius 2 is 1.75 bits per heavy atom. The fourth-order valence-electron chi connectivity index (χ4n) is 2.29. The highest BCUT2D eigenvalue weighted by Crippen LogP contribution is 2.30. The van der Waals surface area contributed by atoms with Crippen LogP contribution in [-0.2, 0) is 9.59 Å². The minimum absolute atomic E-state index is 0.0506. The third-order valence-electron chi connectivity index (χ3n) is 3.71. The topological polar surface area (TPSA) is 90.0 Å². The fraction of sp³-hybridized carbons (Fsp3) is 0.769. The van der Waals surface area contributed by atoms with E-state index in [-0.39, 0.29) is 12.5 Å². The van der Waals surface area contributed by atoms with Crippen LogP contribution in [0.25, 0.3) is 0 Å². The van der Waals surface area contributed by atoms with Gasteiger partial charge < -0.3 is 20.2 Å². The van der Waals surface area contributed by atoms with Crippen molar-refractivity contribution in [1.29, 1.82) is 0 Å². The second kappa shape index (κ2) is 6.58. The van der Waals surface area contributed by atoms with E-state index in [0.717, 1.165) is 12.8 Å². The zero-order valence-corrected chi connectivity index (χ0v) is 12.3. The lowest BCUT2D eigenvalue weighted by atomic mass is 9.98. The van der Waals surface area contributed by atoms with E-state index in [1.807, 2.05) is 0 Å². The lowest BCUT2D eigenvalue weighted by Crippen LogP contribution is -2.57. The Kier molecular flexibility index (Phi) is 5.35. The Bertz CT molecular complexity index is 389. The van der Waals surface area contributed by atoms with E-state index in [1.54, 1.807) is 21.0 Å². The van der Waals surface area contributed by atoms with Gasteiger partial charge in [-0.15, -0.1) is 0 Å². The van der Waals surface area contributed by atoms with Crippen molar-refractivity contribution >= 4 is 17.9 Å². The van der Waals surface area contributed by atoms with Crippen molar-refractivity contribution in [3.05, 3.63) is 0 Å². The fourth-order valence-corrected chi connectivity index (χ4v) is 2.29. The summed E-state index contributed by atoms with van der Waals surface area (Å²) in [4.78, 5) is 38.0. The predicted octanol–water partition coefficient (Wildman–Crippen LogP) is 0.504.